The Labute approximate surface area is 109 Å². The van der Waals surface area contributed by atoms with E-state index in [4.69, 9.17) is 11.6 Å². The third-order valence-electron chi connectivity index (χ3n) is 2.25. The van der Waals surface area contributed by atoms with Gasteiger partial charge in [-0.15, -0.1) is 0 Å². The van der Waals surface area contributed by atoms with Crippen molar-refractivity contribution >= 4 is 40.0 Å². The maximum absolute atomic E-state index is 11.7. The molecule has 0 aliphatic rings. The lowest BCUT2D eigenvalue weighted by molar-refractivity contribution is 0.0979. The van der Waals surface area contributed by atoms with E-state index in [1.54, 1.807) is 6.07 Å². The van der Waals surface area contributed by atoms with Gasteiger partial charge in [0.15, 0.2) is 5.78 Å². The van der Waals surface area contributed by atoms with E-state index in [0.29, 0.717) is 11.4 Å². The van der Waals surface area contributed by atoms with Gasteiger partial charge in [0.2, 0.25) is 0 Å². The molecule has 0 aliphatic carbocycles. The first kappa shape index (κ1) is 13.0. The van der Waals surface area contributed by atoms with E-state index in [1.807, 2.05) is 12.1 Å². The van der Waals surface area contributed by atoms with Gasteiger partial charge in [-0.3, -0.25) is 4.79 Å². The van der Waals surface area contributed by atoms with Crippen LogP contribution in [0.5, 0.6) is 0 Å². The third kappa shape index (κ3) is 4.11. The normalized spacial score (nSPS) is 10.3. The molecule has 15 heavy (non-hydrogen) atoms. The van der Waals surface area contributed by atoms with Crippen LogP contribution in [0.25, 0.3) is 0 Å². The molecule has 1 rings (SSSR count). The molecule has 1 aromatic carbocycles. The van der Waals surface area contributed by atoms with Crippen LogP contribution in [-0.4, -0.2) is 5.78 Å². The maximum atomic E-state index is 11.7. The monoisotopic (exact) mass is 336 g/mol. The fraction of sp³-hybridized carbons (Fsp3) is 0.417. The van der Waals surface area contributed by atoms with E-state index in [9.17, 15) is 4.79 Å². The molecule has 3 heteroatoms. The Bertz CT molecular complexity index is 349. The van der Waals surface area contributed by atoms with Crippen LogP contribution in [0.4, 0.5) is 0 Å². The van der Waals surface area contributed by atoms with Crippen LogP contribution in [0.15, 0.2) is 18.2 Å². The quantitative estimate of drug-likeness (QED) is 0.432. The van der Waals surface area contributed by atoms with Crippen LogP contribution < -0.4 is 0 Å². The van der Waals surface area contributed by atoms with Crippen molar-refractivity contribution in [1.29, 1.82) is 0 Å². The number of halogens is 2. The highest BCUT2D eigenvalue weighted by Gasteiger charge is 2.07. The van der Waals surface area contributed by atoms with Crippen molar-refractivity contribution in [2.45, 2.75) is 32.6 Å². The fourth-order valence-electron chi connectivity index (χ4n) is 1.35. The van der Waals surface area contributed by atoms with Crippen LogP contribution in [0.1, 0.15) is 43.0 Å². The molecule has 0 heterocycles. The number of hydrogen-bond donors (Lipinski definition) is 0. The smallest absolute Gasteiger partial charge is 0.162 e. The van der Waals surface area contributed by atoms with Gasteiger partial charge in [0.1, 0.15) is 0 Å². The van der Waals surface area contributed by atoms with Gasteiger partial charge >= 0.3 is 0 Å². The lowest BCUT2D eigenvalue weighted by atomic mass is 10.1. The van der Waals surface area contributed by atoms with Gasteiger partial charge in [-0.1, -0.05) is 37.4 Å². The summed E-state index contributed by atoms with van der Waals surface area (Å²) in [6, 6.07) is 5.50. The number of unbranched alkanes of at least 4 members (excludes halogenated alkanes) is 2. The molecule has 0 aromatic heterocycles. The van der Waals surface area contributed by atoms with Crippen molar-refractivity contribution < 1.29 is 4.79 Å². The molecule has 0 saturated heterocycles. The second-order valence-electron chi connectivity index (χ2n) is 3.51. The lowest BCUT2D eigenvalue weighted by Gasteiger charge is -2.02. The summed E-state index contributed by atoms with van der Waals surface area (Å²) >= 11 is 8.12. The molecule has 0 bridgehead atoms. The standard InChI is InChI=1S/C12H14ClIO/c1-2-3-4-5-12(15)9-6-7-11(14)10(13)8-9/h6-8H,2-5H2,1H3. The summed E-state index contributed by atoms with van der Waals surface area (Å²) in [6.07, 6.45) is 3.86. The zero-order valence-electron chi connectivity index (χ0n) is 8.72. The highest BCUT2D eigenvalue weighted by atomic mass is 127. The van der Waals surface area contributed by atoms with Gasteiger partial charge in [-0.05, 0) is 41.1 Å². The van der Waals surface area contributed by atoms with E-state index < -0.39 is 0 Å². The number of benzene rings is 1. The van der Waals surface area contributed by atoms with Crippen LogP contribution in [0, 0.1) is 3.57 Å². The Hall–Kier alpha value is -0.0900. The molecule has 0 spiro atoms. The van der Waals surface area contributed by atoms with Crippen molar-refractivity contribution in [1.82, 2.24) is 0 Å². The van der Waals surface area contributed by atoms with Crippen molar-refractivity contribution in [3.63, 3.8) is 0 Å². The minimum absolute atomic E-state index is 0.196. The fourth-order valence-corrected chi connectivity index (χ4v) is 1.87. The highest BCUT2D eigenvalue weighted by molar-refractivity contribution is 14.1. The molecular weight excluding hydrogens is 322 g/mol. The van der Waals surface area contributed by atoms with Crippen molar-refractivity contribution in [3.8, 4) is 0 Å². The van der Waals surface area contributed by atoms with Crippen molar-refractivity contribution in [3.05, 3.63) is 32.4 Å². The lowest BCUT2D eigenvalue weighted by Crippen LogP contribution is -1.99. The van der Waals surface area contributed by atoms with E-state index in [1.165, 1.54) is 0 Å². The molecule has 0 unspecified atom stereocenters. The maximum Gasteiger partial charge on any atom is 0.162 e. The first-order chi connectivity index (χ1) is 7.15. The number of carbonyl (C=O) groups is 1. The Kier molecular flexibility index (Phi) is 5.61. The van der Waals surface area contributed by atoms with Crippen LogP contribution in [0.2, 0.25) is 5.02 Å². The van der Waals surface area contributed by atoms with Gasteiger partial charge in [0, 0.05) is 15.6 Å². The molecule has 0 saturated carbocycles. The van der Waals surface area contributed by atoms with Gasteiger partial charge < -0.3 is 0 Å². The molecule has 0 N–H and O–H groups in total. The number of ketones is 1. The second-order valence-corrected chi connectivity index (χ2v) is 5.08. The highest BCUT2D eigenvalue weighted by Crippen LogP contribution is 2.20. The largest absolute Gasteiger partial charge is 0.294 e. The number of hydrogen-bond acceptors (Lipinski definition) is 1. The van der Waals surface area contributed by atoms with Crippen molar-refractivity contribution in [2.24, 2.45) is 0 Å². The summed E-state index contributed by atoms with van der Waals surface area (Å²) < 4.78 is 0.986. The Balaban J connectivity index is 2.62. The summed E-state index contributed by atoms with van der Waals surface area (Å²) in [7, 11) is 0. The minimum Gasteiger partial charge on any atom is -0.294 e. The Morgan fingerprint density at radius 1 is 1.40 bits per heavy atom. The topological polar surface area (TPSA) is 17.1 Å². The molecule has 0 aliphatic heterocycles. The summed E-state index contributed by atoms with van der Waals surface area (Å²) in [6.45, 7) is 2.13. The predicted octanol–water partition coefficient (Wildman–Crippen LogP) is 4.71. The third-order valence-corrected chi connectivity index (χ3v) is 3.82. The van der Waals surface area contributed by atoms with E-state index >= 15 is 0 Å². The second kappa shape index (κ2) is 6.48. The molecular formula is C12H14ClIO. The van der Waals surface area contributed by atoms with Gasteiger partial charge in [-0.2, -0.15) is 0 Å². The van der Waals surface area contributed by atoms with Gasteiger partial charge in [0.05, 0.1) is 5.02 Å². The van der Waals surface area contributed by atoms with Crippen LogP contribution >= 0.6 is 34.2 Å². The molecule has 82 valence electrons. The molecule has 0 radical (unpaired) electrons. The summed E-state index contributed by atoms with van der Waals surface area (Å²) in [5.74, 6) is 0.196. The summed E-state index contributed by atoms with van der Waals surface area (Å²) in [4.78, 5) is 11.7. The number of Topliss-reactive ketones (excluding diaryl/α,β-unsaturated/α-hetero) is 1. The molecule has 1 aromatic rings. The zero-order chi connectivity index (χ0) is 11.3. The Morgan fingerprint density at radius 3 is 2.73 bits per heavy atom. The summed E-state index contributed by atoms with van der Waals surface area (Å²) in [5.41, 5.74) is 0.733. The van der Waals surface area contributed by atoms with E-state index in [0.717, 1.165) is 28.4 Å². The van der Waals surface area contributed by atoms with Crippen molar-refractivity contribution in [2.75, 3.05) is 0 Å². The Morgan fingerprint density at radius 2 is 2.13 bits per heavy atom. The van der Waals surface area contributed by atoms with Crippen LogP contribution in [-0.2, 0) is 0 Å². The molecule has 0 fully saturated rings. The molecule has 1 nitrogen and oxygen atoms in total. The predicted molar refractivity (Wildman–Crippen MR) is 72.6 cm³/mol. The zero-order valence-corrected chi connectivity index (χ0v) is 11.6. The molecule has 0 atom stereocenters. The summed E-state index contributed by atoms with van der Waals surface area (Å²) in [5, 5.41) is 0.664. The average molecular weight is 337 g/mol. The number of rotatable bonds is 5. The SMILES string of the molecule is CCCCCC(=O)c1ccc(I)c(Cl)c1. The van der Waals surface area contributed by atoms with Gasteiger partial charge in [0.25, 0.3) is 0 Å². The van der Waals surface area contributed by atoms with E-state index in [-0.39, 0.29) is 5.78 Å². The minimum atomic E-state index is 0.196. The van der Waals surface area contributed by atoms with Gasteiger partial charge in [-0.25, -0.2) is 0 Å². The first-order valence-corrected chi connectivity index (χ1v) is 6.59. The first-order valence-electron chi connectivity index (χ1n) is 5.13. The van der Waals surface area contributed by atoms with Crippen LogP contribution in [0.3, 0.4) is 0 Å². The molecule has 0 amide bonds. The number of carbonyl (C=O) groups excluding carboxylic acids is 1. The average Bonchev–Trinajstić information content (AvgIpc) is 2.22. The van der Waals surface area contributed by atoms with E-state index in [2.05, 4.69) is 29.5 Å².